The molecule has 0 aromatic carbocycles. The van der Waals surface area contributed by atoms with Crippen molar-refractivity contribution < 1.29 is 4.74 Å². The summed E-state index contributed by atoms with van der Waals surface area (Å²) < 4.78 is 5.70. The van der Waals surface area contributed by atoms with Gasteiger partial charge in [-0.25, -0.2) is 4.98 Å². The van der Waals surface area contributed by atoms with E-state index < -0.39 is 0 Å². The van der Waals surface area contributed by atoms with Gasteiger partial charge in [-0.3, -0.25) is 0 Å². The van der Waals surface area contributed by atoms with Crippen LogP contribution in [0.2, 0.25) is 0 Å². The van der Waals surface area contributed by atoms with Gasteiger partial charge in [-0.2, -0.15) is 0 Å². The molecule has 1 aromatic heterocycles. The molecule has 1 heterocycles. The topological polar surface area (TPSA) is 34.1 Å². The molecule has 1 unspecified atom stereocenters. The van der Waals surface area contributed by atoms with Gasteiger partial charge in [-0.15, -0.1) is 0 Å². The van der Waals surface area contributed by atoms with Crippen LogP contribution in [0.3, 0.4) is 0 Å². The molecule has 0 spiro atoms. The zero-order valence-electron chi connectivity index (χ0n) is 10.9. The van der Waals surface area contributed by atoms with E-state index in [4.69, 9.17) is 4.74 Å². The smallest absolute Gasteiger partial charge is 0.218 e. The maximum atomic E-state index is 5.70. The Balaban J connectivity index is 1.93. The Morgan fingerprint density at radius 3 is 2.82 bits per heavy atom. The minimum Gasteiger partial charge on any atom is -0.475 e. The first kappa shape index (κ1) is 12.4. The first-order valence-corrected chi connectivity index (χ1v) is 6.50. The molecule has 1 aliphatic rings. The van der Waals surface area contributed by atoms with Gasteiger partial charge in [0.15, 0.2) is 0 Å². The molecule has 0 aliphatic heterocycles. The third kappa shape index (κ3) is 3.70. The Morgan fingerprint density at radius 1 is 1.41 bits per heavy atom. The Bertz CT molecular complexity index is 361. The van der Waals surface area contributed by atoms with Crippen LogP contribution >= 0.6 is 0 Å². The molecule has 1 N–H and O–H groups in total. The van der Waals surface area contributed by atoms with Crippen molar-refractivity contribution in [1.82, 2.24) is 10.3 Å². The fourth-order valence-corrected chi connectivity index (χ4v) is 1.92. The number of rotatable bonds is 6. The van der Waals surface area contributed by atoms with Crippen molar-refractivity contribution in [3.8, 4) is 5.88 Å². The van der Waals surface area contributed by atoms with Crippen molar-refractivity contribution in [2.75, 3.05) is 0 Å². The van der Waals surface area contributed by atoms with Crippen LogP contribution in [0.4, 0.5) is 0 Å². The van der Waals surface area contributed by atoms with Crippen LogP contribution in [-0.4, -0.2) is 17.1 Å². The molecule has 94 valence electrons. The van der Waals surface area contributed by atoms with E-state index in [0.717, 1.165) is 23.9 Å². The number of hydrogen-bond acceptors (Lipinski definition) is 3. The minimum absolute atomic E-state index is 0.171. The Morgan fingerprint density at radius 2 is 2.18 bits per heavy atom. The second-order valence-corrected chi connectivity index (χ2v) is 5.14. The average molecular weight is 234 g/mol. The molecular formula is C14H22N2O. The minimum atomic E-state index is 0.171. The van der Waals surface area contributed by atoms with Gasteiger partial charge in [-0.1, -0.05) is 6.07 Å². The van der Waals surface area contributed by atoms with Crippen molar-refractivity contribution in [1.29, 1.82) is 0 Å². The molecule has 1 saturated carbocycles. The molecule has 1 atom stereocenters. The summed E-state index contributed by atoms with van der Waals surface area (Å²) in [7, 11) is 0. The summed E-state index contributed by atoms with van der Waals surface area (Å²) in [6, 6.07) is 4.64. The molecule has 17 heavy (non-hydrogen) atoms. The van der Waals surface area contributed by atoms with Gasteiger partial charge in [0.05, 0.1) is 6.10 Å². The predicted octanol–water partition coefficient (Wildman–Crippen LogP) is 2.76. The Kier molecular flexibility index (Phi) is 4.00. The molecular weight excluding hydrogens is 212 g/mol. The third-order valence-electron chi connectivity index (χ3n) is 3.14. The lowest BCUT2D eigenvalue weighted by molar-refractivity contribution is 0.229. The van der Waals surface area contributed by atoms with Gasteiger partial charge in [0.2, 0.25) is 5.88 Å². The second kappa shape index (κ2) is 5.50. The summed E-state index contributed by atoms with van der Waals surface area (Å²) in [6.45, 7) is 7.15. The van der Waals surface area contributed by atoms with E-state index in [2.05, 4.69) is 23.3 Å². The van der Waals surface area contributed by atoms with Gasteiger partial charge < -0.3 is 10.1 Å². The molecule has 0 radical (unpaired) electrons. The van der Waals surface area contributed by atoms with Crippen molar-refractivity contribution in [3.63, 3.8) is 0 Å². The maximum absolute atomic E-state index is 5.70. The third-order valence-corrected chi connectivity index (χ3v) is 3.14. The molecule has 0 bridgehead atoms. The largest absolute Gasteiger partial charge is 0.475 e. The van der Waals surface area contributed by atoms with E-state index >= 15 is 0 Å². The highest BCUT2D eigenvalue weighted by molar-refractivity contribution is 5.25. The van der Waals surface area contributed by atoms with Crippen LogP contribution < -0.4 is 10.1 Å². The number of aromatic nitrogens is 1. The lowest BCUT2D eigenvalue weighted by Gasteiger charge is -2.16. The summed E-state index contributed by atoms with van der Waals surface area (Å²) in [5.41, 5.74) is 1.15. The molecule has 2 rings (SSSR count). The molecule has 1 aromatic rings. The molecule has 3 nitrogen and oxygen atoms in total. The number of nitrogens with one attached hydrogen (secondary N) is 1. The predicted molar refractivity (Wildman–Crippen MR) is 69.0 cm³/mol. The fourth-order valence-electron chi connectivity index (χ4n) is 1.92. The summed E-state index contributed by atoms with van der Waals surface area (Å²) >= 11 is 0. The zero-order chi connectivity index (χ0) is 12.3. The van der Waals surface area contributed by atoms with Gasteiger partial charge in [-0.05, 0) is 45.6 Å². The normalized spacial score (nSPS) is 17.2. The molecule has 3 heteroatoms. The van der Waals surface area contributed by atoms with E-state index in [9.17, 15) is 0 Å². The molecule has 0 amide bonds. The Hall–Kier alpha value is -1.09. The van der Waals surface area contributed by atoms with Crippen LogP contribution in [0.5, 0.6) is 5.88 Å². The highest BCUT2D eigenvalue weighted by atomic mass is 16.5. The van der Waals surface area contributed by atoms with Crippen LogP contribution in [0, 0.1) is 5.92 Å². The number of nitrogens with zero attached hydrogens (tertiary/aromatic N) is 1. The number of pyridine rings is 1. The molecule has 1 fully saturated rings. The molecule has 0 saturated heterocycles. The van der Waals surface area contributed by atoms with E-state index in [0.29, 0.717) is 6.04 Å². The van der Waals surface area contributed by atoms with Crippen molar-refractivity contribution in [2.24, 2.45) is 5.92 Å². The summed E-state index contributed by atoms with van der Waals surface area (Å²) in [4.78, 5) is 4.30. The van der Waals surface area contributed by atoms with E-state index in [-0.39, 0.29) is 6.10 Å². The quantitative estimate of drug-likeness (QED) is 0.822. The average Bonchev–Trinajstić information content (AvgIpc) is 3.10. The number of ether oxygens (including phenoxy) is 1. The van der Waals surface area contributed by atoms with Crippen molar-refractivity contribution >= 4 is 0 Å². The highest BCUT2D eigenvalue weighted by Crippen LogP contribution is 2.32. The monoisotopic (exact) mass is 234 g/mol. The van der Waals surface area contributed by atoms with Crippen LogP contribution in [0.15, 0.2) is 18.3 Å². The van der Waals surface area contributed by atoms with E-state index in [1.54, 1.807) is 6.20 Å². The van der Waals surface area contributed by atoms with Gasteiger partial charge in [0.25, 0.3) is 0 Å². The zero-order valence-corrected chi connectivity index (χ0v) is 10.9. The summed E-state index contributed by atoms with van der Waals surface area (Å²) in [5.74, 6) is 1.64. The lowest BCUT2D eigenvalue weighted by atomic mass is 10.2. The lowest BCUT2D eigenvalue weighted by Crippen LogP contribution is -2.27. The summed E-state index contributed by atoms with van der Waals surface area (Å²) in [6.07, 6.45) is 4.70. The Labute approximate surface area is 104 Å². The van der Waals surface area contributed by atoms with Gasteiger partial charge >= 0.3 is 0 Å². The second-order valence-electron chi connectivity index (χ2n) is 5.14. The van der Waals surface area contributed by atoms with Gasteiger partial charge in [0.1, 0.15) is 0 Å². The van der Waals surface area contributed by atoms with Crippen LogP contribution in [0.25, 0.3) is 0 Å². The standard InChI is InChI=1S/C14H22N2O/c1-10(2)17-14-13(5-4-8-15-14)9-16-11(3)12-6-7-12/h4-5,8,10-12,16H,6-7,9H2,1-3H3. The first-order chi connectivity index (χ1) is 8.16. The van der Waals surface area contributed by atoms with Crippen LogP contribution in [-0.2, 0) is 6.54 Å². The first-order valence-electron chi connectivity index (χ1n) is 6.50. The SMILES string of the molecule is CC(C)Oc1ncccc1CNC(C)C1CC1. The highest BCUT2D eigenvalue weighted by Gasteiger charge is 2.27. The van der Waals surface area contributed by atoms with Crippen molar-refractivity contribution in [3.05, 3.63) is 23.9 Å². The van der Waals surface area contributed by atoms with Crippen LogP contribution in [0.1, 0.15) is 39.2 Å². The van der Waals surface area contributed by atoms with Crippen molar-refractivity contribution in [2.45, 2.75) is 52.3 Å². The fraction of sp³-hybridized carbons (Fsp3) is 0.643. The number of hydrogen-bond donors (Lipinski definition) is 1. The molecule has 1 aliphatic carbocycles. The maximum Gasteiger partial charge on any atom is 0.218 e. The van der Waals surface area contributed by atoms with Gasteiger partial charge in [0, 0.05) is 24.3 Å². The summed E-state index contributed by atoms with van der Waals surface area (Å²) in [5, 5.41) is 3.55. The van der Waals surface area contributed by atoms with E-state index in [1.165, 1.54) is 12.8 Å². The van der Waals surface area contributed by atoms with E-state index in [1.807, 2.05) is 19.9 Å².